The monoisotopic (exact) mass is 992 g/mol. The number of fused-ring (bicyclic) bond motifs is 11. The van der Waals surface area contributed by atoms with Crippen LogP contribution in [0.3, 0.4) is 0 Å². The summed E-state index contributed by atoms with van der Waals surface area (Å²) < 4.78 is 4.87. The molecule has 354 valence electrons. The summed E-state index contributed by atoms with van der Waals surface area (Å²) in [6.07, 6.45) is 9.11. The van der Waals surface area contributed by atoms with Crippen molar-refractivity contribution in [2.24, 2.45) is 0 Å². The van der Waals surface area contributed by atoms with Crippen molar-refractivity contribution in [2.45, 2.75) is 19.3 Å². The van der Waals surface area contributed by atoms with E-state index in [9.17, 15) is 0 Å². The first-order chi connectivity index (χ1) is 36.9. The van der Waals surface area contributed by atoms with E-state index < -0.39 is 0 Å². The first kappa shape index (κ1) is 43.8. The molecule has 2 nitrogen and oxygen atoms in total. The van der Waals surface area contributed by atoms with Gasteiger partial charge in [-0.1, -0.05) is 184 Å². The minimum absolute atomic E-state index is 0.130. The highest BCUT2D eigenvalue weighted by atomic mass is 32.1. The molecule has 0 bridgehead atoms. The van der Waals surface area contributed by atoms with E-state index in [1.54, 1.807) is 0 Å². The predicted octanol–water partition coefficient (Wildman–Crippen LogP) is 20.3. The number of benzene rings is 10. The molecule has 0 saturated heterocycles. The van der Waals surface area contributed by atoms with E-state index in [0.29, 0.717) is 0 Å². The predicted molar refractivity (Wildman–Crippen MR) is 325 cm³/mol. The molecule has 14 aromatic rings. The third-order valence-electron chi connectivity index (χ3n) is 15.8. The van der Waals surface area contributed by atoms with Crippen LogP contribution >= 0.6 is 22.7 Å². The number of aromatic nitrogens is 2. The van der Waals surface area contributed by atoms with Gasteiger partial charge >= 0.3 is 0 Å². The molecule has 10 aromatic carbocycles. The van der Waals surface area contributed by atoms with Gasteiger partial charge in [0.25, 0.3) is 0 Å². The normalized spacial score (nSPS) is 13.2. The van der Waals surface area contributed by atoms with Crippen molar-refractivity contribution in [3.8, 4) is 43.4 Å². The number of hydrogen-bond donors (Lipinski definition) is 0. The summed E-state index contributed by atoms with van der Waals surface area (Å²) in [5.41, 5.74) is 17.5. The molecule has 0 amide bonds. The topological polar surface area (TPSA) is 9.86 Å². The molecule has 4 heteroatoms. The highest BCUT2D eigenvalue weighted by Crippen LogP contribution is 2.50. The zero-order chi connectivity index (χ0) is 49.8. The van der Waals surface area contributed by atoms with Crippen LogP contribution in [0, 0.1) is 0 Å². The van der Waals surface area contributed by atoms with Crippen LogP contribution in [0.1, 0.15) is 45.9 Å². The Morgan fingerprint density at radius 2 is 0.747 bits per heavy atom. The third kappa shape index (κ3) is 7.12. The van der Waals surface area contributed by atoms with E-state index in [2.05, 4.69) is 278 Å². The van der Waals surface area contributed by atoms with Gasteiger partial charge in [0.2, 0.25) is 0 Å². The van der Waals surface area contributed by atoms with Gasteiger partial charge in [0, 0.05) is 57.2 Å². The summed E-state index contributed by atoms with van der Waals surface area (Å²) in [5, 5.41) is 10.1. The summed E-state index contributed by atoms with van der Waals surface area (Å²) in [6, 6.07) is 85.2. The fraction of sp³-hybridized carbons (Fsp3) is 0.0423. The van der Waals surface area contributed by atoms with Crippen LogP contribution in [0.25, 0.3) is 133 Å². The molecule has 75 heavy (non-hydrogen) atoms. The number of para-hydroxylation sites is 2. The molecule has 4 aromatic heterocycles. The summed E-state index contributed by atoms with van der Waals surface area (Å²) >= 11 is 3.69. The Balaban J connectivity index is 0.671. The van der Waals surface area contributed by atoms with Crippen molar-refractivity contribution in [2.75, 3.05) is 0 Å². The van der Waals surface area contributed by atoms with Crippen molar-refractivity contribution in [1.82, 2.24) is 9.13 Å². The SMILES string of the molecule is CC1(C)c2cc(C=Cc3ccc(-c4ccc5c(c4)c4ccccc4n5-c4cccc5ccccc45)s3)ccc2-c2ccc(C=Cc3ccc(-c4ccc5c(c4)c4ccccc4n5-c4cccc5ccccc45)s3)cc21. The molecular formula is C71H48N2S2. The lowest BCUT2D eigenvalue weighted by atomic mass is 9.81. The second-order valence-corrected chi connectivity index (χ2v) is 22.7. The lowest BCUT2D eigenvalue weighted by molar-refractivity contribution is 0.660. The number of rotatable bonds is 8. The van der Waals surface area contributed by atoms with Gasteiger partial charge < -0.3 is 9.13 Å². The van der Waals surface area contributed by atoms with Gasteiger partial charge in [0.15, 0.2) is 0 Å². The summed E-state index contributed by atoms with van der Waals surface area (Å²) in [7, 11) is 0. The van der Waals surface area contributed by atoms with Gasteiger partial charge in [0.05, 0.1) is 33.4 Å². The molecule has 1 aliphatic carbocycles. The van der Waals surface area contributed by atoms with Crippen LogP contribution in [-0.4, -0.2) is 9.13 Å². The van der Waals surface area contributed by atoms with Gasteiger partial charge in [-0.3, -0.25) is 0 Å². The molecule has 4 heterocycles. The Kier molecular flexibility index (Phi) is 10.0. The summed E-state index contributed by atoms with van der Waals surface area (Å²) in [4.78, 5) is 5.01. The second kappa shape index (κ2) is 17.1. The van der Waals surface area contributed by atoms with Crippen molar-refractivity contribution in [1.29, 1.82) is 0 Å². The first-order valence-electron chi connectivity index (χ1n) is 25.8. The van der Waals surface area contributed by atoms with Crippen LogP contribution in [0.5, 0.6) is 0 Å². The molecule has 0 radical (unpaired) electrons. The molecule has 0 spiro atoms. The number of hydrogen-bond acceptors (Lipinski definition) is 2. The first-order valence-corrected chi connectivity index (χ1v) is 27.4. The quantitative estimate of drug-likeness (QED) is 0.144. The van der Waals surface area contributed by atoms with E-state index in [-0.39, 0.29) is 5.41 Å². The largest absolute Gasteiger partial charge is 0.309 e. The molecule has 0 fully saturated rings. The molecule has 0 unspecified atom stereocenters. The van der Waals surface area contributed by atoms with Gasteiger partial charge in [-0.15, -0.1) is 22.7 Å². The average Bonchev–Trinajstić information content (AvgIpc) is 4.31. The molecule has 0 atom stereocenters. The van der Waals surface area contributed by atoms with Gasteiger partial charge in [-0.25, -0.2) is 0 Å². The van der Waals surface area contributed by atoms with E-state index in [0.717, 1.165) is 0 Å². The van der Waals surface area contributed by atoms with Crippen molar-refractivity contribution in [3.05, 3.63) is 263 Å². The van der Waals surface area contributed by atoms with Gasteiger partial charge in [0.1, 0.15) is 0 Å². The van der Waals surface area contributed by atoms with Crippen molar-refractivity contribution >= 4 is 112 Å². The van der Waals surface area contributed by atoms with Crippen molar-refractivity contribution < 1.29 is 0 Å². The Bertz CT molecular complexity index is 4390. The Morgan fingerprint density at radius 1 is 0.333 bits per heavy atom. The minimum atomic E-state index is -0.130. The van der Waals surface area contributed by atoms with E-state index in [1.165, 1.54) is 141 Å². The Labute approximate surface area is 443 Å². The maximum absolute atomic E-state index is 2.43. The van der Waals surface area contributed by atoms with E-state index in [1.807, 2.05) is 22.7 Å². The fourth-order valence-electron chi connectivity index (χ4n) is 12.1. The summed E-state index contributed by atoms with van der Waals surface area (Å²) in [6.45, 7) is 4.75. The number of thiophene rings is 2. The van der Waals surface area contributed by atoms with Gasteiger partial charge in [-0.2, -0.15) is 0 Å². The van der Waals surface area contributed by atoms with E-state index in [4.69, 9.17) is 0 Å². The van der Waals surface area contributed by atoms with Crippen molar-refractivity contribution in [3.63, 3.8) is 0 Å². The standard InChI is InChI=1S/C71H48N2S2/c1-71(2)61-41-45(25-31-51-33-39-69(74-51)49-29-37-67-59(43-49)57-19-7-9-21-65(57)72(67)63-23-11-15-47-13-3-5-17-53(47)63)27-35-55(61)56-36-28-46(42-62(56)71)26-32-52-34-40-70(75-52)50-30-38-68-60(44-50)58-20-8-10-22-66(58)73(68)64-24-12-16-48-14-4-6-18-54(48)64/h3-44H,1-2H3. The lowest BCUT2D eigenvalue weighted by Gasteiger charge is -2.22. The van der Waals surface area contributed by atoms with Crippen LogP contribution in [0.2, 0.25) is 0 Å². The molecule has 0 saturated carbocycles. The molecule has 15 rings (SSSR count). The van der Waals surface area contributed by atoms with Crippen LogP contribution in [-0.2, 0) is 5.41 Å². The average molecular weight is 993 g/mol. The molecule has 0 N–H and O–H groups in total. The summed E-state index contributed by atoms with van der Waals surface area (Å²) in [5.74, 6) is 0. The highest BCUT2D eigenvalue weighted by molar-refractivity contribution is 7.16. The number of nitrogens with zero attached hydrogens (tertiary/aromatic N) is 2. The lowest BCUT2D eigenvalue weighted by Crippen LogP contribution is -2.15. The zero-order valence-corrected chi connectivity index (χ0v) is 43.1. The van der Waals surface area contributed by atoms with E-state index >= 15 is 0 Å². The third-order valence-corrected chi connectivity index (χ3v) is 18.0. The van der Waals surface area contributed by atoms with Crippen LogP contribution in [0.15, 0.2) is 231 Å². The van der Waals surface area contributed by atoms with Crippen LogP contribution < -0.4 is 0 Å². The maximum atomic E-state index is 2.43. The maximum Gasteiger partial charge on any atom is 0.0541 e. The highest BCUT2D eigenvalue weighted by Gasteiger charge is 2.35. The Hall–Kier alpha value is -8.80. The molecular weight excluding hydrogens is 945 g/mol. The Morgan fingerprint density at radius 3 is 1.23 bits per heavy atom. The zero-order valence-electron chi connectivity index (χ0n) is 41.5. The molecule has 1 aliphatic rings. The second-order valence-electron chi connectivity index (χ2n) is 20.5. The minimum Gasteiger partial charge on any atom is -0.309 e. The van der Waals surface area contributed by atoms with Crippen LogP contribution in [0.4, 0.5) is 0 Å². The smallest absolute Gasteiger partial charge is 0.0541 e. The fourth-order valence-corrected chi connectivity index (χ4v) is 13.9. The molecule has 0 aliphatic heterocycles. The van der Waals surface area contributed by atoms with Gasteiger partial charge in [-0.05, 0) is 140 Å².